The van der Waals surface area contributed by atoms with Crippen LogP contribution in [0.3, 0.4) is 0 Å². The van der Waals surface area contributed by atoms with Crippen LogP contribution in [0.2, 0.25) is 0 Å². The van der Waals surface area contributed by atoms with Crippen molar-refractivity contribution in [3.63, 3.8) is 0 Å². The van der Waals surface area contributed by atoms with Crippen LogP contribution in [0.4, 0.5) is 10.9 Å². The Morgan fingerprint density at radius 2 is 2.04 bits per heavy atom. The quantitative estimate of drug-likeness (QED) is 0.542. The highest BCUT2D eigenvalue weighted by molar-refractivity contribution is 8.01. The third-order valence-corrected chi connectivity index (χ3v) is 5.61. The van der Waals surface area contributed by atoms with E-state index in [1.165, 1.54) is 37.2 Å². The highest BCUT2D eigenvalue weighted by Crippen LogP contribution is 2.30. The van der Waals surface area contributed by atoms with Gasteiger partial charge in [-0.3, -0.25) is 18.7 Å². The van der Waals surface area contributed by atoms with Crippen molar-refractivity contribution in [1.29, 1.82) is 0 Å². The fourth-order valence-electron chi connectivity index (χ4n) is 2.05. The van der Waals surface area contributed by atoms with Gasteiger partial charge in [0.15, 0.2) is 10.1 Å². The molecule has 1 saturated carbocycles. The molecule has 1 aliphatic carbocycles. The van der Waals surface area contributed by atoms with Gasteiger partial charge in [0.1, 0.15) is 11.4 Å². The summed E-state index contributed by atoms with van der Waals surface area (Å²) in [6.45, 7) is 0. The molecule has 24 heavy (non-hydrogen) atoms. The Hall–Kier alpha value is -2.14. The van der Waals surface area contributed by atoms with Gasteiger partial charge in [-0.1, -0.05) is 23.1 Å². The molecule has 0 bridgehead atoms. The SMILES string of the molecule is Cn1c(N)c(C(=O)CSc2nnc(NC3CC3)s2)c(=O)n(C)c1=O. The van der Waals surface area contributed by atoms with Gasteiger partial charge in [0, 0.05) is 20.1 Å². The number of nitrogens with one attached hydrogen (secondary N) is 1. The van der Waals surface area contributed by atoms with Gasteiger partial charge in [0.25, 0.3) is 5.56 Å². The number of carbonyl (C=O) groups excluding carboxylic acids is 1. The van der Waals surface area contributed by atoms with Crippen LogP contribution in [0.15, 0.2) is 13.9 Å². The second-order valence-electron chi connectivity index (χ2n) is 5.47. The summed E-state index contributed by atoms with van der Waals surface area (Å²) in [4.78, 5) is 36.3. The molecule has 3 rings (SSSR count). The van der Waals surface area contributed by atoms with E-state index >= 15 is 0 Å². The Kier molecular flexibility index (Phi) is 4.45. The molecule has 0 aromatic carbocycles. The highest BCUT2D eigenvalue weighted by Gasteiger charge is 2.23. The molecule has 0 saturated heterocycles. The summed E-state index contributed by atoms with van der Waals surface area (Å²) in [5, 5.41) is 12.0. The molecule has 3 N–H and O–H groups in total. The summed E-state index contributed by atoms with van der Waals surface area (Å²) < 4.78 is 2.59. The van der Waals surface area contributed by atoms with Crippen LogP contribution in [0, 0.1) is 0 Å². The number of anilines is 2. The molecule has 128 valence electrons. The standard InChI is InChI=1S/C13H16N6O3S2/c1-18-9(14)8(10(21)19(2)13(18)22)7(20)5-23-12-17-16-11(24-12)15-6-3-4-6/h6H,3-5,14H2,1-2H3,(H,15,16). The minimum absolute atomic E-state index is 0.00426. The number of rotatable bonds is 6. The maximum atomic E-state index is 12.4. The van der Waals surface area contributed by atoms with Gasteiger partial charge in [-0.15, -0.1) is 10.2 Å². The third-order valence-electron chi connectivity index (χ3n) is 3.63. The van der Waals surface area contributed by atoms with E-state index in [9.17, 15) is 14.4 Å². The van der Waals surface area contributed by atoms with E-state index in [2.05, 4.69) is 15.5 Å². The minimum Gasteiger partial charge on any atom is -0.384 e. The average Bonchev–Trinajstić information content (AvgIpc) is 3.26. The molecule has 0 atom stereocenters. The molecular formula is C13H16N6O3S2. The largest absolute Gasteiger partial charge is 0.384 e. The fourth-order valence-corrected chi connectivity index (χ4v) is 3.75. The number of Topliss-reactive ketones (excluding diaryl/α,β-unsaturated/α-hetero) is 1. The Morgan fingerprint density at radius 1 is 1.33 bits per heavy atom. The zero-order valence-electron chi connectivity index (χ0n) is 13.1. The third kappa shape index (κ3) is 3.22. The van der Waals surface area contributed by atoms with Crippen molar-refractivity contribution in [2.75, 3.05) is 16.8 Å². The second kappa shape index (κ2) is 6.40. The van der Waals surface area contributed by atoms with Gasteiger partial charge in [-0.25, -0.2) is 4.79 Å². The zero-order valence-corrected chi connectivity index (χ0v) is 14.7. The van der Waals surface area contributed by atoms with Gasteiger partial charge in [0.05, 0.1) is 5.75 Å². The molecule has 11 heteroatoms. The normalized spacial score (nSPS) is 13.9. The van der Waals surface area contributed by atoms with Crippen LogP contribution in [0.1, 0.15) is 23.2 Å². The Balaban J connectivity index is 1.74. The molecule has 0 aliphatic heterocycles. The lowest BCUT2D eigenvalue weighted by Gasteiger charge is -2.10. The summed E-state index contributed by atoms with van der Waals surface area (Å²) >= 11 is 2.55. The number of nitrogen functional groups attached to an aromatic ring is 1. The minimum atomic E-state index is -0.686. The molecular weight excluding hydrogens is 352 g/mol. The molecule has 2 aromatic heterocycles. The first-order chi connectivity index (χ1) is 11.4. The van der Waals surface area contributed by atoms with Crippen molar-refractivity contribution in [1.82, 2.24) is 19.3 Å². The number of hydrogen-bond acceptors (Lipinski definition) is 9. The summed E-state index contributed by atoms with van der Waals surface area (Å²) in [7, 11) is 2.73. The van der Waals surface area contributed by atoms with E-state index in [0.717, 1.165) is 27.1 Å². The van der Waals surface area contributed by atoms with Crippen LogP contribution in [0.25, 0.3) is 0 Å². The van der Waals surface area contributed by atoms with Crippen LogP contribution in [-0.2, 0) is 14.1 Å². The van der Waals surface area contributed by atoms with E-state index in [1.807, 2.05) is 0 Å². The van der Waals surface area contributed by atoms with Crippen molar-refractivity contribution in [3.8, 4) is 0 Å². The van der Waals surface area contributed by atoms with Crippen molar-refractivity contribution in [3.05, 3.63) is 26.4 Å². The molecule has 1 aliphatic rings. The van der Waals surface area contributed by atoms with Crippen molar-refractivity contribution in [2.45, 2.75) is 23.2 Å². The first kappa shape index (κ1) is 16.7. The first-order valence-corrected chi connectivity index (χ1v) is 9.00. The lowest BCUT2D eigenvalue weighted by Crippen LogP contribution is -2.41. The maximum Gasteiger partial charge on any atom is 0.332 e. The van der Waals surface area contributed by atoms with E-state index in [0.29, 0.717) is 10.4 Å². The lowest BCUT2D eigenvalue weighted by atomic mass is 10.2. The molecule has 0 radical (unpaired) electrons. The maximum absolute atomic E-state index is 12.4. The number of nitrogens with two attached hydrogens (primary N) is 1. The molecule has 0 spiro atoms. The van der Waals surface area contributed by atoms with Gasteiger partial charge < -0.3 is 11.1 Å². The zero-order chi connectivity index (χ0) is 17.4. The van der Waals surface area contributed by atoms with E-state index < -0.39 is 17.0 Å². The van der Waals surface area contributed by atoms with Gasteiger partial charge in [-0.2, -0.15) is 0 Å². The smallest absolute Gasteiger partial charge is 0.332 e. The Morgan fingerprint density at radius 3 is 2.71 bits per heavy atom. The fraction of sp³-hybridized carbons (Fsp3) is 0.462. The number of ketones is 1. The van der Waals surface area contributed by atoms with E-state index in [1.54, 1.807) is 0 Å². The van der Waals surface area contributed by atoms with Crippen LogP contribution in [0.5, 0.6) is 0 Å². The average molecular weight is 368 g/mol. The van der Waals surface area contributed by atoms with Crippen LogP contribution >= 0.6 is 23.1 Å². The predicted molar refractivity (Wildman–Crippen MR) is 92.9 cm³/mol. The molecule has 9 nitrogen and oxygen atoms in total. The van der Waals surface area contributed by atoms with Crippen molar-refractivity contribution >= 4 is 39.8 Å². The van der Waals surface area contributed by atoms with Gasteiger partial charge >= 0.3 is 5.69 Å². The number of thioether (sulfide) groups is 1. The Labute approximate surface area is 144 Å². The first-order valence-electron chi connectivity index (χ1n) is 7.20. The van der Waals surface area contributed by atoms with Gasteiger partial charge in [0.2, 0.25) is 5.13 Å². The molecule has 2 heterocycles. The van der Waals surface area contributed by atoms with Crippen LogP contribution < -0.4 is 22.3 Å². The second-order valence-corrected chi connectivity index (χ2v) is 7.67. The predicted octanol–water partition coefficient (Wildman–Crippen LogP) is 0.0670. The summed E-state index contributed by atoms with van der Waals surface area (Å²) in [6.07, 6.45) is 2.27. The van der Waals surface area contributed by atoms with E-state index in [-0.39, 0.29) is 17.1 Å². The van der Waals surface area contributed by atoms with Gasteiger partial charge in [-0.05, 0) is 12.8 Å². The highest BCUT2D eigenvalue weighted by atomic mass is 32.2. The number of nitrogens with zero attached hydrogens (tertiary/aromatic N) is 4. The monoisotopic (exact) mass is 368 g/mol. The summed E-state index contributed by atoms with van der Waals surface area (Å²) in [5.74, 6) is -0.571. The molecule has 1 fully saturated rings. The molecule has 2 aromatic rings. The number of aromatic nitrogens is 4. The number of carbonyl (C=O) groups is 1. The molecule has 0 unspecified atom stereocenters. The summed E-state index contributed by atoms with van der Waals surface area (Å²) in [6, 6.07) is 0.478. The van der Waals surface area contributed by atoms with Crippen molar-refractivity contribution < 1.29 is 4.79 Å². The molecule has 0 amide bonds. The van der Waals surface area contributed by atoms with E-state index in [4.69, 9.17) is 5.73 Å². The van der Waals surface area contributed by atoms with Crippen molar-refractivity contribution in [2.24, 2.45) is 14.1 Å². The topological polar surface area (TPSA) is 125 Å². The number of hydrogen-bond donors (Lipinski definition) is 2. The summed E-state index contributed by atoms with van der Waals surface area (Å²) in [5.41, 5.74) is 4.35. The Bertz CT molecular complexity index is 911. The lowest BCUT2D eigenvalue weighted by molar-refractivity contribution is 0.102. The van der Waals surface area contributed by atoms with Crippen LogP contribution in [-0.4, -0.2) is 36.9 Å².